The summed E-state index contributed by atoms with van der Waals surface area (Å²) in [6, 6.07) is 0. The van der Waals surface area contributed by atoms with Crippen LogP contribution in [0.1, 0.15) is 40.5 Å². The number of carbonyl (C=O) groups excluding carboxylic acids is 1. The molecule has 0 aromatic rings. The average Bonchev–Trinajstić information content (AvgIpc) is 2.23. The molecule has 3 heteroatoms. The number of hydrogen-bond acceptors (Lipinski definition) is 2. The Kier molecular flexibility index (Phi) is 5.44. The van der Waals surface area contributed by atoms with Gasteiger partial charge in [-0.1, -0.05) is 27.7 Å². The minimum atomic E-state index is 0.0208. The van der Waals surface area contributed by atoms with Crippen LogP contribution in [0.25, 0.3) is 0 Å². The Morgan fingerprint density at radius 1 is 1.29 bits per heavy atom. The molecule has 3 atom stereocenters. The molecule has 1 fully saturated rings. The molecule has 0 bridgehead atoms. The number of amides is 1. The van der Waals surface area contributed by atoms with Crippen LogP contribution in [0.5, 0.6) is 0 Å². The third kappa shape index (κ3) is 4.30. The van der Waals surface area contributed by atoms with Crippen molar-refractivity contribution in [2.45, 2.75) is 40.5 Å². The standard InChI is InChI=1S/C14H28N2O/c1-10(2)5-13(7-15)14(17)16-8-11(3)6-12(4)9-16/h10-13H,5-9,15H2,1-4H3. The molecule has 0 aliphatic carbocycles. The van der Waals surface area contributed by atoms with E-state index in [1.54, 1.807) is 0 Å². The summed E-state index contributed by atoms with van der Waals surface area (Å²) in [5.74, 6) is 2.08. The smallest absolute Gasteiger partial charge is 0.226 e. The van der Waals surface area contributed by atoms with Crippen LogP contribution in [0, 0.1) is 23.7 Å². The molecule has 2 N–H and O–H groups in total. The Labute approximate surface area is 106 Å². The second-order valence-corrected chi connectivity index (χ2v) is 6.25. The minimum absolute atomic E-state index is 0.0208. The van der Waals surface area contributed by atoms with Crippen molar-refractivity contribution in [2.75, 3.05) is 19.6 Å². The van der Waals surface area contributed by atoms with E-state index in [0.717, 1.165) is 19.5 Å². The van der Waals surface area contributed by atoms with E-state index in [1.807, 2.05) is 4.90 Å². The van der Waals surface area contributed by atoms with E-state index in [1.165, 1.54) is 6.42 Å². The summed E-state index contributed by atoms with van der Waals surface area (Å²) in [6.07, 6.45) is 2.15. The molecule has 3 nitrogen and oxygen atoms in total. The molecule has 0 aromatic carbocycles. The van der Waals surface area contributed by atoms with E-state index in [-0.39, 0.29) is 11.8 Å². The molecule has 3 unspecified atom stereocenters. The number of rotatable bonds is 4. The fraction of sp³-hybridized carbons (Fsp3) is 0.929. The maximum Gasteiger partial charge on any atom is 0.226 e. The molecule has 0 radical (unpaired) electrons. The normalized spacial score (nSPS) is 27.3. The summed E-state index contributed by atoms with van der Waals surface area (Å²) in [5, 5.41) is 0. The SMILES string of the molecule is CC(C)CC(CN)C(=O)N1CC(C)CC(C)C1. The molecule has 0 saturated carbocycles. The van der Waals surface area contributed by atoms with Crippen molar-refractivity contribution >= 4 is 5.91 Å². The highest BCUT2D eigenvalue weighted by atomic mass is 16.2. The fourth-order valence-electron chi connectivity index (χ4n) is 2.97. The summed E-state index contributed by atoms with van der Waals surface area (Å²) in [7, 11) is 0. The third-order valence-electron chi connectivity index (χ3n) is 3.57. The van der Waals surface area contributed by atoms with Crippen LogP contribution >= 0.6 is 0 Å². The predicted octanol–water partition coefficient (Wildman–Crippen LogP) is 2.11. The highest BCUT2D eigenvalue weighted by molar-refractivity contribution is 5.79. The van der Waals surface area contributed by atoms with E-state index >= 15 is 0 Å². The van der Waals surface area contributed by atoms with Crippen molar-refractivity contribution in [3.63, 3.8) is 0 Å². The Bertz CT molecular complexity index is 243. The Morgan fingerprint density at radius 3 is 2.24 bits per heavy atom. The average molecular weight is 240 g/mol. The molecule has 1 rings (SSSR count). The van der Waals surface area contributed by atoms with Gasteiger partial charge in [-0.25, -0.2) is 0 Å². The number of nitrogens with two attached hydrogens (primary N) is 1. The van der Waals surface area contributed by atoms with Crippen molar-refractivity contribution in [1.29, 1.82) is 0 Å². The number of hydrogen-bond donors (Lipinski definition) is 1. The zero-order chi connectivity index (χ0) is 13.0. The summed E-state index contributed by atoms with van der Waals surface area (Å²) in [6.45, 7) is 11.1. The Hall–Kier alpha value is -0.570. The summed E-state index contributed by atoms with van der Waals surface area (Å²) >= 11 is 0. The van der Waals surface area contributed by atoms with Crippen molar-refractivity contribution < 1.29 is 4.79 Å². The van der Waals surface area contributed by atoms with Gasteiger partial charge < -0.3 is 10.6 Å². The molecular weight excluding hydrogens is 212 g/mol. The van der Waals surface area contributed by atoms with Gasteiger partial charge in [0, 0.05) is 19.6 Å². The van der Waals surface area contributed by atoms with Crippen molar-refractivity contribution in [2.24, 2.45) is 29.4 Å². The Balaban J connectivity index is 2.60. The number of likely N-dealkylation sites (tertiary alicyclic amines) is 1. The second kappa shape index (κ2) is 6.39. The molecule has 1 aliphatic rings. The summed E-state index contributed by atoms with van der Waals surface area (Å²) in [5.41, 5.74) is 5.75. The third-order valence-corrected chi connectivity index (χ3v) is 3.57. The highest BCUT2D eigenvalue weighted by Gasteiger charge is 2.29. The van der Waals surface area contributed by atoms with E-state index in [9.17, 15) is 4.79 Å². The monoisotopic (exact) mass is 240 g/mol. The van der Waals surface area contributed by atoms with Crippen LogP contribution in [0.15, 0.2) is 0 Å². The topological polar surface area (TPSA) is 46.3 Å². The molecule has 17 heavy (non-hydrogen) atoms. The lowest BCUT2D eigenvalue weighted by Crippen LogP contribution is -2.46. The molecule has 1 aliphatic heterocycles. The molecule has 0 spiro atoms. The first-order valence-corrected chi connectivity index (χ1v) is 6.92. The zero-order valence-corrected chi connectivity index (χ0v) is 11.8. The maximum atomic E-state index is 12.4. The van der Waals surface area contributed by atoms with E-state index in [2.05, 4.69) is 27.7 Å². The molecule has 1 saturated heterocycles. The van der Waals surface area contributed by atoms with Crippen molar-refractivity contribution in [3.05, 3.63) is 0 Å². The van der Waals surface area contributed by atoms with Gasteiger partial charge in [0.15, 0.2) is 0 Å². The molecular formula is C14H28N2O. The van der Waals surface area contributed by atoms with Gasteiger partial charge >= 0.3 is 0 Å². The van der Waals surface area contributed by atoms with Crippen LogP contribution in [0.2, 0.25) is 0 Å². The van der Waals surface area contributed by atoms with Gasteiger partial charge in [-0.15, -0.1) is 0 Å². The van der Waals surface area contributed by atoms with Crippen LogP contribution in [-0.4, -0.2) is 30.4 Å². The van der Waals surface area contributed by atoms with E-state index < -0.39 is 0 Å². The largest absolute Gasteiger partial charge is 0.342 e. The van der Waals surface area contributed by atoms with Gasteiger partial charge in [0.25, 0.3) is 0 Å². The van der Waals surface area contributed by atoms with Gasteiger partial charge in [0.1, 0.15) is 0 Å². The lowest BCUT2D eigenvalue weighted by atomic mass is 9.89. The van der Waals surface area contributed by atoms with Gasteiger partial charge in [-0.05, 0) is 30.6 Å². The molecule has 100 valence electrons. The van der Waals surface area contributed by atoms with Gasteiger partial charge in [0.2, 0.25) is 5.91 Å². The molecule has 0 aromatic heterocycles. The zero-order valence-electron chi connectivity index (χ0n) is 11.8. The molecule has 1 amide bonds. The highest BCUT2D eigenvalue weighted by Crippen LogP contribution is 2.23. The van der Waals surface area contributed by atoms with Gasteiger partial charge in [-0.3, -0.25) is 4.79 Å². The molecule has 1 heterocycles. The Morgan fingerprint density at radius 2 is 1.82 bits per heavy atom. The second-order valence-electron chi connectivity index (χ2n) is 6.25. The first kappa shape index (κ1) is 14.5. The number of nitrogens with zero attached hydrogens (tertiary/aromatic N) is 1. The summed E-state index contributed by atoms with van der Waals surface area (Å²) in [4.78, 5) is 14.4. The predicted molar refractivity (Wildman–Crippen MR) is 71.5 cm³/mol. The minimum Gasteiger partial charge on any atom is -0.342 e. The van der Waals surface area contributed by atoms with Crippen LogP contribution in [0.4, 0.5) is 0 Å². The lowest BCUT2D eigenvalue weighted by molar-refractivity contribution is -0.138. The van der Waals surface area contributed by atoms with E-state index in [4.69, 9.17) is 5.73 Å². The quantitative estimate of drug-likeness (QED) is 0.818. The van der Waals surface area contributed by atoms with Crippen molar-refractivity contribution in [3.8, 4) is 0 Å². The van der Waals surface area contributed by atoms with Crippen molar-refractivity contribution in [1.82, 2.24) is 4.90 Å². The van der Waals surface area contributed by atoms with Gasteiger partial charge in [-0.2, -0.15) is 0 Å². The van der Waals surface area contributed by atoms with Crippen LogP contribution < -0.4 is 5.73 Å². The number of piperidine rings is 1. The number of carbonyl (C=O) groups is 1. The first-order valence-electron chi connectivity index (χ1n) is 6.92. The van der Waals surface area contributed by atoms with E-state index in [0.29, 0.717) is 24.3 Å². The maximum absolute atomic E-state index is 12.4. The lowest BCUT2D eigenvalue weighted by Gasteiger charge is -2.37. The fourth-order valence-corrected chi connectivity index (χ4v) is 2.97. The van der Waals surface area contributed by atoms with Gasteiger partial charge in [0.05, 0.1) is 5.92 Å². The van der Waals surface area contributed by atoms with Crippen LogP contribution in [-0.2, 0) is 4.79 Å². The summed E-state index contributed by atoms with van der Waals surface area (Å²) < 4.78 is 0. The van der Waals surface area contributed by atoms with Crippen LogP contribution in [0.3, 0.4) is 0 Å². The first-order chi connectivity index (χ1) is 7.93.